The lowest BCUT2D eigenvalue weighted by Crippen LogP contribution is -2.25. The van der Waals surface area contributed by atoms with Gasteiger partial charge in [0.1, 0.15) is 0 Å². The molecule has 25 heavy (non-hydrogen) atoms. The predicted octanol–water partition coefficient (Wildman–Crippen LogP) is 7.59. The maximum Gasteiger partial charge on any atom is 0.0827 e. The predicted molar refractivity (Wildman–Crippen MR) is 105 cm³/mol. The highest BCUT2D eigenvalue weighted by Gasteiger charge is 2.31. The van der Waals surface area contributed by atoms with E-state index in [9.17, 15) is 4.39 Å². The first-order valence-corrected chi connectivity index (χ1v) is 10.6. The third kappa shape index (κ3) is 5.19. The van der Waals surface area contributed by atoms with Crippen molar-refractivity contribution in [3.63, 3.8) is 0 Å². The quantitative estimate of drug-likeness (QED) is 0.499. The summed E-state index contributed by atoms with van der Waals surface area (Å²) >= 11 is 0. The number of aryl methyl sites for hydroxylation is 1. The molecule has 138 valence electrons. The minimum absolute atomic E-state index is 0.708. The molecule has 3 rings (SSSR count). The molecule has 0 bridgehead atoms. The van der Waals surface area contributed by atoms with Crippen LogP contribution >= 0.6 is 0 Å². The van der Waals surface area contributed by atoms with Crippen molar-refractivity contribution in [3.8, 4) is 0 Å². The summed E-state index contributed by atoms with van der Waals surface area (Å²) in [5.74, 6) is 3.58. The molecule has 0 radical (unpaired) electrons. The van der Waals surface area contributed by atoms with E-state index >= 15 is 0 Å². The van der Waals surface area contributed by atoms with Crippen LogP contribution in [0.5, 0.6) is 0 Å². The highest BCUT2D eigenvalue weighted by atomic mass is 19.1. The third-order valence-electron chi connectivity index (χ3n) is 7.02. The van der Waals surface area contributed by atoms with E-state index in [0.29, 0.717) is 6.33 Å². The average molecular weight is 343 g/mol. The Kier molecular flexibility index (Phi) is 7.13. The van der Waals surface area contributed by atoms with Gasteiger partial charge in [0, 0.05) is 0 Å². The Hall–Kier alpha value is -1.11. The Morgan fingerprint density at radius 2 is 1.48 bits per heavy atom. The van der Waals surface area contributed by atoms with E-state index in [0.717, 1.165) is 36.5 Å². The first-order chi connectivity index (χ1) is 12.3. The normalized spacial score (nSPS) is 30.6. The van der Waals surface area contributed by atoms with Crippen molar-refractivity contribution >= 4 is 0 Å². The molecule has 0 N–H and O–H groups in total. The van der Waals surface area contributed by atoms with Gasteiger partial charge < -0.3 is 0 Å². The van der Waals surface area contributed by atoms with E-state index in [4.69, 9.17) is 0 Å². The highest BCUT2D eigenvalue weighted by Crippen LogP contribution is 2.44. The van der Waals surface area contributed by atoms with Crippen molar-refractivity contribution < 1.29 is 4.39 Å². The average Bonchev–Trinajstić information content (AvgIpc) is 2.69. The maximum absolute atomic E-state index is 12.1. The third-order valence-corrected chi connectivity index (χ3v) is 7.02. The summed E-state index contributed by atoms with van der Waals surface area (Å²) in [7, 11) is 0. The van der Waals surface area contributed by atoms with Crippen LogP contribution in [0.15, 0.2) is 36.7 Å². The van der Waals surface area contributed by atoms with Crippen molar-refractivity contribution in [1.29, 1.82) is 0 Å². The number of hydrogen-bond donors (Lipinski definition) is 0. The van der Waals surface area contributed by atoms with Gasteiger partial charge >= 0.3 is 0 Å². The van der Waals surface area contributed by atoms with Gasteiger partial charge in [-0.05, 0) is 92.6 Å². The van der Waals surface area contributed by atoms with Gasteiger partial charge in [0.15, 0.2) is 0 Å². The van der Waals surface area contributed by atoms with Gasteiger partial charge in [-0.15, -0.1) is 0 Å². The van der Waals surface area contributed by atoms with Crippen LogP contribution < -0.4 is 0 Å². The Morgan fingerprint density at radius 1 is 0.880 bits per heavy atom. The molecule has 2 fully saturated rings. The van der Waals surface area contributed by atoms with E-state index in [1.807, 2.05) is 0 Å². The van der Waals surface area contributed by atoms with E-state index in [1.54, 1.807) is 11.6 Å². The summed E-state index contributed by atoms with van der Waals surface area (Å²) < 4.78 is 12.1. The molecule has 2 aliphatic carbocycles. The first kappa shape index (κ1) is 18.7. The van der Waals surface area contributed by atoms with Crippen LogP contribution in [0.3, 0.4) is 0 Å². The summed E-state index contributed by atoms with van der Waals surface area (Å²) in [6.07, 6.45) is 16.9. The highest BCUT2D eigenvalue weighted by molar-refractivity contribution is 5.25. The Balaban J connectivity index is 1.42. The fourth-order valence-corrected chi connectivity index (χ4v) is 5.29. The molecule has 0 unspecified atom stereocenters. The molecular weight excluding hydrogens is 307 g/mol. The topological polar surface area (TPSA) is 0 Å². The van der Waals surface area contributed by atoms with Crippen molar-refractivity contribution in [2.45, 2.75) is 83.5 Å². The minimum atomic E-state index is 0.708. The van der Waals surface area contributed by atoms with Crippen molar-refractivity contribution in [2.24, 2.45) is 17.8 Å². The zero-order valence-corrected chi connectivity index (χ0v) is 15.9. The van der Waals surface area contributed by atoms with Gasteiger partial charge in [-0.3, -0.25) is 0 Å². The lowest BCUT2D eigenvalue weighted by atomic mass is 9.68. The minimum Gasteiger partial charge on any atom is -0.216 e. The van der Waals surface area contributed by atoms with Crippen LogP contribution in [-0.2, 0) is 6.42 Å². The largest absolute Gasteiger partial charge is 0.216 e. The lowest BCUT2D eigenvalue weighted by Gasteiger charge is -2.38. The van der Waals surface area contributed by atoms with Gasteiger partial charge in [-0.25, -0.2) is 4.39 Å². The van der Waals surface area contributed by atoms with Gasteiger partial charge in [-0.1, -0.05) is 50.1 Å². The zero-order valence-electron chi connectivity index (χ0n) is 15.9. The van der Waals surface area contributed by atoms with Gasteiger partial charge in [0.05, 0.1) is 6.33 Å². The summed E-state index contributed by atoms with van der Waals surface area (Å²) in [6, 6.07) is 9.39. The molecule has 0 nitrogen and oxygen atoms in total. The molecule has 1 heteroatoms. The van der Waals surface area contributed by atoms with Gasteiger partial charge in [-0.2, -0.15) is 0 Å². The van der Waals surface area contributed by atoms with Crippen LogP contribution in [0, 0.1) is 17.8 Å². The van der Waals surface area contributed by atoms with E-state index in [2.05, 4.69) is 31.2 Å². The van der Waals surface area contributed by atoms with Gasteiger partial charge in [0.25, 0.3) is 0 Å². The van der Waals surface area contributed by atoms with Crippen LogP contribution in [0.2, 0.25) is 0 Å². The molecule has 0 heterocycles. The maximum atomic E-state index is 12.1. The summed E-state index contributed by atoms with van der Waals surface area (Å²) in [4.78, 5) is 0. The molecule has 0 saturated heterocycles. The van der Waals surface area contributed by atoms with Crippen molar-refractivity contribution in [3.05, 3.63) is 47.8 Å². The monoisotopic (exact) mass is 342 g/mol. The molecule has 0 spiro atoms. The molecule has 2 aliphatic rings. The second-order valence-electron chi connectivity index (χ2n) is 8.43. The van der Waals surface area contributed by atoms with E-state index in [1.165, 1.54) is 63.4 Å². The second kappa shape index (κ2) is 9.55. The summed E-state index contributed by atoms with van der Waals surface area (Å²) in [5, 5.41) is 0. The van der Waals surface area contributed by atoms with E-state index < -0.39 is 0 Å². The Bertz CT molecular complexity index is 514. The van der Waals surface area contributed by atoms with Crippen LogP contribution in [0.25, 0.3) is 0 Å². The van der Waals surface area contributed by atoms with Gasteiger partial charge in [0.2, 0.25) is 0 Å². The molecule has 1 aromatic carbocycles. The smallest absolute Gasteiger partial charge is 0.0827 e. The van der Waals surface area contributed by atoms with Crippen molar-refractivity contribution in [2.75, 3.05) is 0 Å². The molecule has 0 atom stereocenters. The molecule has 0 amide bonds. The van der Waals surface area contributed by atoms with Crippen molar-refractivity contribution in [1.82, 2.24) is 0 Å². The Labute approximate surface area is 153 Å². The lowest BCUT2D eigenvalue weighted by molar-refractivity contribution is 0.157. The SMILES string of the molecule is CCc1ccc([C@H]2CC[C@H]([C@H]3CC[C@H](CCC=CF)CC3)CC2)cc1. The molecule has 0 aromatic heterocycles. The fraction of sp³-hybridized carbons (Fsp3) is 0.667. The number of allylic oxidation sites excluding steroid dienone is 1. The molecule has 2 saturated carbocycles. The number of hydrogen-bond acceptors (Lipinski definition) is 0. The van der Waals surface area contributed by atoms with Crippen LogP contribution in [0.4, 0.5) is 4.39 Å². The molecule has 0 aliphatic heterocycles. The standard InChI is InChI=1S/C24H35F/c1-2-19-6-10-21(11-7-19)23-14-16-24(17-15-23)22-12-8-20(9-13-22)5-3-4-18-25/h4,6-7,10-11,18,20,22-24H,2-3,5,8-9,12-17H2,1H3/t20-,22-,23-,24-. The second-order valence-corrected chi connectivity index (χ2v) is 8.43. The number of benzene rings is 1. The Morgan fingerprint density at radius 3 is 2.04 bits per heavy atom. The summed E-state index contributed by atoms with van der Waals surface area (Å²) in [6.45, 7) is 2.23. The first-order valence-electron chi connectivity index (χ1n) is 10.6. The molecular formula is C24H35F. The fourth-order valence-electron chi connectivity index (χ4n) is 5.29. The number of halogens is 1. The van der Waals surface area contributed by atoms with E-state index in [-0.39, 0.29) is 0 Å². The van der Waals surface area contributed by atoms with Crippen LogP contribution in [-0.4, -0.2) is 0 Å². The summed E-state index contributed by atoms with van der Waals surface area (Å²) in [5.41, 5.74) is 3.02. The van der Waals surface area contributed by atoms with Crippen LogP contribution in [0.1, 0.15) is 88.2 Å². The molecule has 1 aromatic rings. The zero-order chi connectivity index (χ0) is 17.5. The number of rotatable bonds is 6.